The minimum absolute atomic E-state index is 0.206. The second kappa shape index (κ2) is 6.18. The van der Waals surface area contributed by atoms with E-state index in [9.17, 15) is 15.0 Å². The summed E-state index contributed by atoms with van der Waals surface area (Å²) in [6, 6.07) is 0. The monoisotopic (exact) mass is 332 g/mol. The van der Waals surface area contributed by atoms with Gasteiger partial charge in [0.1, 0.15) is 18.3 Å². The molecular formula is C13H21N2O4PS. The Bertz CT molecular complexity index is 665. The lowest BCUT2D eigenvalue weighted by molar-refractivity contribution is 0.00515. The van der Waals surface area contributed by atoms with Crippen LogP contribution in [-0.4, -0.2) is 64.3 Å². The van der Waals surface area contributed by atoms with Crippen LogP contribution in [0.25, 0.3) is 0 Å². The number of hydrogen-bond donors (Lipinski definition) is 4. The maximum atomic E-state index is 11.9. The molecule has 4 atom stereocenters. The van der Waals surface area contributed by atoms with Gasteiger partial charge in [-0.05, 0) is 38.1 Å². The second-order valence-corrected chi connectivity index (χ2v) is 10.8. The average Bonchev–Trinajstić information content (AvgIpc) is 2.64. The molecule has 2 heterocycles. The average molecular weight is 332 g/mol. The van der Waals surface area contributed by atoms with Crippen molar-refractivity contribution in [1.82, 2.24) is 9.97 Å². The molecule has 0 saturated carbocycles. The first-order valence-electron chi connectivity index (χ1n) is 6.70. The van der Waals surface area contributed by atoms with Crippen molar-refractivity contribution in [3.05, 3.63) is 26.9 Å². The predicted molar refractivity (Wildman–Crippen MR) is 87.2 cm³/mol. The topological polar surface area (TPSA) is 98.3 Å². The Balaban J connectivity index is 2.18. The van der Waals surface area contributed by atoms with Gasteiger partial charge in [-0.15, -0.1) is 13.2 Å². The quantitative estimate of drug-likeness (QED) is 0.480. The van der Waals surface area contributed by atoms with Crippen LogP contribution in [0.5, 0.6) is 0 Å². The molecule has 1 aliphatic rings. The van der Waals surface area contributed by atoms with Crippen LogP contribution in [0.3, 0.4) is 0 Å². The van der Waals surface area contributed by atoms with Gasteiger partial charge in [0, 0.05) is 6.20 Å². The number of aliphatic hydroxyl groups is 2. The molecule has 1 saturated heterocycles. The lowest BCUT2D eigenvalue weighted by atomic mass is 10.0. The first-order valence-corrected chi connectivity index (χ1v) is 10.2. The van der Waals surface area contributed by atoms with Crippen LogP contribution in [0.15, 0.2) is 11.0 Å². The predicted octanol–water partition coefficient (Wildman–Crippen LogP) is 0.693. The molecule has 0 bridgehead atoms. The third-order valence-corrected chi connectivity index (χ3v) is 5.22. The van der Waals surface area contributed by atoms with E-state index < -0.39 is 36.9 Å². The molecule has 8 heteroatoms. The summed E-state index contributed by atoms with van der Waals surface area (Å²) in [5.74, 6) is 0. The summed E-state index contributed by atoms with van der Waals surface area (Å²) in [6.45, 7) is 2.97. The van der Waals surface area contributed by atoms with E-state index in [1.54, 1.807) is 0 Å². The number of rotatable bonds is 4. The van der Waals surface area contributed by atoms with Crippen LogP contribution in [-0.2, 0) is 4.74 Å². The number of nitrogens with one attached hydrogen (secondary N) is 2. The zero-order valence-electron chi connectivity index (χ0n) is 12.1. The van der Waals surface area contributed by atoms with Gasteiger partial charge >= 0.3 is 0 Å². The fraction of sp³-hybridized carbons (Fsp3) is 0.615. The van der Waals surface area contributed by atoms with Crippen LogP contribution in [0.2, 0.25) is 0 Å². The van der Waals surface area contributed by atoms with Crippen molar-refractivity contribution in [2.75, 3.05) is 19.5 Å². The van der Waals surface area contributed by atoms with Crippen molar-refractivity contribution in [1.29, 1.82) is 0 Å². The van der Waals surface area contributed by atoms with Gasteiger partial charge in [-0.1, -0.05) is 0 Å². The van der Waals surface area contributed by atoms with E-state index in [1.807, 2.05) is 0 Å². The molecule has 1 aliphatic heterocycles. The first kappa shape index (κ1) is 16.6. The molecule has 1 fully saturated rings. The van der Waals surface area contributed by atoms with E-state index in [2.05, 4.69) is 29.6 Å². The van der Waals surface area contributed by atoms with Gasteiger partial charge in [0.05, 0.1) is 11.7 Å². The molecule has 0 aromatic carbocycles. The van der Waals surface area contributed by atoms with Crippen molar-refractivity contribution in [2.24, 2.45) is 0 Å². The molecule has 4 N–H and O–H groups in total. The molecular weight excluding hydrogens is 311 g/mol. The number of ether oxygens (including phenoxy) is 1. The van der Waals surface area contributed by atoms with Crippen LogP contribution in [0.4, 0.5) is 0 Å². The summed E-state index contributed by atoms with van der Waals surface area (Å²) in [5, 5.41) is 20.2. The number of aromatic amines is 2. The standard InChI is InChI=1S/C13H21N2O4PS/c1-20(2,3)5-4-8-9(16)10(17)11(19-8)7-6-14-13(21)15-12(7)18/h6,8-11,16-17H,1,4-5H2,2-3H3,(H2,14,15,18,21)/t8-,9-,10-,11?/m1/s1. The van der Waals surface area contributed by atoms with Gasteiger partial charge in [0.2, 0.25) is 0 Å². The molecule has 118 valence electrons. The fourth-order valence-electron chi connectivity index (χ4n) is 2.35. The fourth-order valence-corrected chi connectivity index (χ4v) is 3.46. The zero-order valence-corrected chi connectivity index (χ0v) is 13.8. The molecule has 1 aromatic heterocycles. The van der Waals surface area contributed by atoms with Crippen molar-refractivity contribution in [2.45, 2.75) is 30.8 Å². The molecule has 0 aliphatic carbocycles. The third kappa shape index (κ3) is 3.93. The van der Waals surface area contributed by atoms with Crippen molar-refractivity contribution >= 4 is 25.4 Å². The van der Waals surface area contributed by atoms with Gasteiger partial charge in [-0.3, -0.25) is 9.78 Å². The lowest BCUT2D eigenvalue weighted by Gasteiger charge is -2.18. The number of H-pyrrole nitrogens is 2. The van der Waals surface area contributed by atoms with Gasteiger partial charge in [0.15, 0.2) is 4.77 Å². The normalized spacial score (nSPS) is 29.7. The summed E-state index contributed by atoms with van der Waals surface area (Å²) in [4.78, 5) is 17.0. The Labute approximate surface area is 128 Å². The molecule has 2 rings (SSSR count). The highest BCUT2D eigenvalue weighted by atomic mass is 32.1. The highest BCUT2D eigenvalue weighted by Gasteiger charge is 2.44. The van der Waals surface area contributed by atoms with E-state index in [0.717, 1.165) is 6.16 Å². The third-order valence-electron chi connectivity index (χ3n) is 3.54. The van der Waals surface area contributed by atoms with Crippen LogP contribution < -0.4 is 5.56 Å². The maximum absolute atomic E-state index is 11.9. The van der Waals surface area contributed by atoms with Gasteiger partial charge in [-0.25, -0.2) is 0 Å². The Morgan fingerprint density at radius 3 is 2.67 bits per heavy atom. The Hall–Kier alpha value is -0.720. The molecule has 1 unspecified atom stereocenters. The summed E-state index contributed by atoms with van der Waals surface area (Å²) in [7, 11) is 0. The summed E-state index contributed by atoms with van der Waals surface area (Å²) in [5.41, 5.74) is -0.179. The molecule has 0 spiro atoms. The summed E-state index contributed by atoms with van der Waals surface area (Å²) in [6.07, 6.45) is 3.51. The SMILES string of the molecule is C=P(C)(C)CC[C@H]1OC(c2c[nH]c(=S)[nH]c2=O)[C@H](O)[C@@H]1O. The van der Waals surface area contributed by atoms with Crippen molar-refractivity contribution in [3.63, 3.8) is 0 Å². The minimum atomic E-state index is -1.23. The van der Waals surface area contributed by atoms with Crippen LogP contribution >= 0.6 is 19.1 Å². The molecule has 1 aromatic rings. The van der Waals surface area contributed by atoms with E-state index in [0.29, 0.717) is 6.42 Å². The highest BCUT2D eigenvalue weighted by Crippen LogP contribution is 2.40. The Kier molecular flexibility index (Phi) is 4.90. The van der Waals surface area contributed by atoms with Gasteiger partial charge < -0.3 is 19.9 Å². The smallest absolute Gasteiger partial charge is 0.257 e. The molecule has 0 radical (unpaired) electrons. The Morgan fingerprint density at radius 2 is 2.10 bits per heavy atom. The number of aliphatic hydroxyl groups excluding tert-OH is 2. The highest BCUT2D eigenvalue weighted by molar-refractivity contribution is 7.72. The Morgan fingerprint density at radius 1 is 1.43 bits per heavy atom. The minimum Gasteiger partial charge on any atom is -0.388 e. The molecule has 21 heavy (non-hydrogen) atoms. The lowest BCUT2D eigenvalue weighted by Crippen LogP contribution is -2.32. The zero-order chi connectivity index (χ0) is 15.8. The van der Waals surface area contributed by atoms with E-state index in [-0.39, 0.29) is 10.3 Å². The number of hydrogen-bond acceptors (Lipinski definition) is 5. The van der Waals surface area contributed by atoms with Crippen molar-refractivity contribution < 1.29 is 14.9 Å². The van der Waals surface area contributed by atoms with Crippen LogP contribution in [0.1, 0.15) is 18.1 Å². The molecule has 6 nitrogen and oxygen atoms in total. The van der Waals surface area contributed by atoms with Gasteiger partial charge in [-0.2, -0.15) is 0 Å². The van der Waals surface area contributed by atoms with Crippen molar-refractivity contribution in [3.8, 4) is 0 Å². The molecule has 0 amide bonds. The van der Waals surface area contributed by atoms with E-state index >= 15 is 0 Å². The van der Waals surface area contributed by atoms with Gasteiger partial charge in [0.25, 0.3) is 5.56 Å². The first-order chi connectivity index (χ1) is 9.69. The number of aromatic nitrogens is 2. The van der Waals surface area contributed by atoms with Crippen LogP contribution in [0, 0.1) is 4.77 Å². The van der Waals surface area contributed by atoms with E-state index in [1.165, 1.54) is 6.20 Å². The summed E-state index contributed by atoms with van der Waals surface area (Å²) >= 11 is 4.83. The summed E-state index contributed by atoms with van der Waals surface area (Å²) < 4.78 is 5.91. The largest absolute Gasteiger partial charge is 0.388 e. The maximum Gasteiger partial charge on any atom is 0.257 e. The second-order valence-electron chi connectivity index (χ2n) is 6.05. The van der Waals surface area contributed by atoms with E-state index in [4.69, 9.17) is 17.0 Å².